The van der Waals surface area contributed by atoms with E-state index in [1.165, 1.54) is 6.07 Å². The van der Waals surface area contributed by atoms with E-state index < -0.39 is 0 Å². The number of halogens is 1. The minimum atomic E-state index is -0.287. The van der Waals surface area contributed by atoms with Crippen molar-refractivity contribution in [2.75, 3.05) is 6.54 Å². The summed E-state index contributed by atoms with van der Waals surface area (Å²) in [7, 11) is 0. The predicted octanol–water partition coefficient (Wildman–Crippen LogP) is 2.58. The maximum atomic E-state index is 11.8. The molecule has 0 spiro atoms. The molecule has 0 unspecified atom stereocenters. The maximum absolute atomic E-state index is 11.8. The quantitative estimate of drug-likeness (QED) is 0.907. The van der Waals surface area contributed by atoms with Crippen LogP contribution < -0.4 is 5.32 Å². The molecule has 2 N–H and O–H groups in total. The van der Waals surface area contributed by atoms with E-state index in [4.69, 9.17) is 0 Å². The Morgan fingerprint density at radius 3 is 3.06 bits per heavy atom. The fourth-order valence-electron chi connectivity index (χ4n) is 1.44. The molecule has 0 saturated carbocycles. The van der Waals surface area contributed by atoms with Gasteiger partial charge in [-0.1, -0.05) is 15.9 Å². The van der Waals surface area contributed by atoms with Crippen molar-refractivity contribution in [2.24, 2.45) is 0 Å². The van der Waals surface area contributed by atoms with Gasteiger partial charge >= 0.3 is 0 Å². The van der Waals surface area contributed by atoms with Crippen LogP contribution in [0.1, 0.15) is 15.4 Å². The van der Waals surface area contributed by atoms with Gasteiger partial charge in [-0.25, -0.2) is 4.98 Å². The van der Waals surface area contributed by atoms with Crippen molar-refractivity contribution in [3.05, 3.63) is 44.8 Å². The number of carbonyl (C=O) groups excluding carboxylic acids is 1. The number of aromatic nitrogens is 1. The van der Waals surface area contributed by atoms with Gasteiger partial charge in [0.15, 0.2) is 0 Å². The van der Waals surface area contributed by atoms with E-state index >= 15 is 0 Å². The Labute approximate surface area is 117 Å². The van der Waals surface area contributed by atoms with Crippen molar-refractivity contribution in [3.63, 3.8) is 0 Å². The van der Waals surface area contributed by atoms with Gasteiger partial charge in [0.25, 0.3) is 5.91 Å². The van der Waals surface area contributed by atoms with Gasteiger partial charge in [-0.15, -0.1) is 11.3 Å². The molecule has 2 rings (SSSR count). The normalized spacial score (nSPS) is 10.3. The lowest BCUT2D eigenvalue weighted by atomic mass is 10.2. The van der Waals surface area contributed by atoms with Crippen LogP contribution in [0.15, 0.2) is 34.2 Å². The zero-order chi connectivity index (χ0) is 13.0. The van der Waals surface area contributed by atoms with Crippen LogP contribution in [0.4, 0.5) is 0 Å². The zero-order valence-corrected chi connectivity index (χ0v) is 11.8. The van der Waals surface area contributed by atoms with E-state index in [0.29, 0.717) is 13.0 Å². The number of hydrogen-bond acceptors (Lipinski definition) is 4. The molecule has 2 aromatic rings. The minimum Gasteiger partial charge on any atom is -0.507 e. The molecule has 0 radical (unpaired) electrons. The number of nitrogens with one attached hydrogen (secondary N) is 1. The molecule has 0 aliphatic heterocycles. The third kappa shape index (κ3) is 3.30. The van der Waals surface area contributed by atoms with E-state index in [0.717, 1.165) is 9.48 Å². The number of rotatable bonds is 4. The minimum absolute atomic E-state index is 0.0232. The summed E-state index contributed by atoms with van der Waals surface area (Å²) in [4.78, 5) is 16.0. The van der Waals surface area contributed by atoms with Crippen molar-refractivity contribution < 1.29 is 9.90 Å². The van der Waals surface area contributed by atoms with Crippen LogP contribution in [0.25, 0.3) is 0 Å². The third-order valence-electron chi connectivity index (χ3n) is 2.31. The molecule has 1 aromatic carbocycles. The lowest BCUT2D eigenvalue weighted by Gasteiger charge is -2.06. The van der Waals surface area contributed by atoms with Crippen LogP contribution in [0.2, 0.25) is 0 Å². The van der Waals surface area contributed by atoms with Gasteiger partial charge in [0.1, 0.15) is 5.75 Å². The second-order valence-corrected chi connectivity index (χ2v) is 5.49. The van der Waals surface area contributed by atoms with Gasteiger partial charge in [0.2, 0.25) is 0 Å². The van der Waals surface area contributed by atoms with Crippen molar-refractivity contribution in [1.29, 1.82) is 0 Å². The topological polar surface area (TPSA) is 62.2 Å². The standard InChI is InChI=1S/C12H11BrN2O2S/c13-8-1-2-10(16)9(7-8)12(17)15-4-3-11-14-5-6-18-11/h1-2,5-7,16H,3-4H2,(H,15,17). The summed E-state index contributed by atoms with van der Waals surface area (Å²) in [6, 6.07) is 4.76. The molecule has 0 aliphatic rings. The number of aromatic hydroxyl groups is 1. The van der Waals surface area contributed by atoms with Gasteiger partial charge in [-0.2, -0.15) is 0 Å². The molecular formula is C12H11BrN2O2S. The molecule has 1 amide bonds. The van der Waals surface area contributed by atoms with Gasteiger partial charge in [-0.3, -0.25) is 4.79 Å². The van der Waals surface area contributed by atoms with Crippen LogP contribution in [0.5, 0.6) is 5.75 Å². The average molecular weight is 327 g/mol. The van der Waals surface area contributed by atoms with Crippen LogP contribution in [0, 0.1) is 0 Å². The van der Waals surface area contributed by atoms with Crippen molar-refractivity contribution in [2.45, 2.75) is 6.42 Å². The molecule has 6 heteroatoms. The molecular weight excluding hydrogens is 316 g/mol. The van der Waals surface area contributed by atoms with Crippen LogP contribution >= 0.6 is 27.3 Å². The first kappa shape index (κ1) is 13.0. The van der Waals surface area contributed by atoms with E-state index in [-0.39, 0.29) is 17.2 Å². The van der Waals surface area contributed by atoms with E-state index in [1.54, 1.807) is 29.7 Å². The molecule has 1 aromatic heterocycles. The first-order valence-corrected chi connectivity index (χ1v) is 6.99. The molecule has 0 aliphatic carbocycles. The zero-order valence-electron chi connectivity index (χ0n) is 9.39. The highest BCUT2D eigenvalue weighted by molar-refractivity contribution is 9.10. The van der Waals surface area contributed by atoms with Crippen molar-refractivity contribution >= 4 is 33.2 Å². The summed E-state index contributed by atoms with van der Waals surface area (Å²) in [6.07, 6.45) is 2.43. The first-order chi connectivity index (χ1) is 8.66. The Balaban J connectivity index is 1.93. The first-order valence-electron chi connectivity index (χ1n) is 5.32. The number of thiazole rings is 1. The number of hydrogen-bond donors (Lipinski definition) is 2. The highest BCUT2D eigenvalue weighted by Crippen LogP contribution is 2.21. The van der Waals surface area contributed by atoms with Crippen molar-refractivity contribution in [1.82, 2.24) is 10.3 Å². The maximum Gasteiger partial charge on any atom is 0.255 e. The Hall–Kier alpha value is -1.40. The second-order valence-electron chi connectivity index (χ2n) is 3.59. The smallest absolute Gasteiger partial charge is 0.255 e. The molecule has 0 bridgehead atoms. The number of carbonyl (C=O) groups is 1. The van der Waals surface area contributed by atoms with Gasteiger partial charge in [-0.05, 0) is 18.2 Å². The van der Waals surface area contributed by atoms with Gasteiger partial charge in [0, 0.05) is 29.0 Å². The largest absolute Gasteiger partial charge is 0.507 e. The van der Waals surface area contributed by atoms with Gasteiger partial charge in [0.05, 0.1) is 10.6 Å². The lowest BCUT2D eigenvalue weighted by Crippen LogP contribution is -2.25. The summed E-state index contributed by atoms with van der Waals surface area (Å²) < 4.78 is 0.755. The molecule has 0 fully saturated rings. The van der Waals surface area contributed by atoms with Crippen molar-refractivity contribution in [3.8, 4) is 5.75 Å². The van der Waals surface area contributed by atoms with Crippen LogP contribution in [-0.4, -0.2) is 22.5 Å². The monoisotopic (exact) mass is 326 g/mol. The Morgan fingerprint density at radius 2 is 2.33 bits per heavy atom. The highest BCUT2D eigenvalue weighted by Gasteiger charge is 2.11. The van der Waals surface area contributed by atoms with E-state index in [1.807, 2.05) is 5.38 Å². The third-order valence-corrected chi connectivity index (χ3v) is 3.64. The van der Waals surface area contributed by atoms with Crippen LogP contribution in [-0.2, 0) is 6.42 Å². The molecule has 0 saturated heterocycles. The highest BCUT2D eigenvalue weighted by atomic mass is 79.9. The second kappa shape index (κ2) is 5.97. The van der Waals surface area contributed by atoms with Gasteiger partial charge < -0.3 is 10.4 Å². The fourth-order valence-corrected chi connectivity index (χ4v) is 2.43. The number of amides is 1. The molecule has 94 valence electrons. The number of nitrogens with zero attached hydrogens (tertiary/aromatic N) is 1. The Kier molecular flexibility index (Phi) is 4.33. The van der Waals surface area contributed by atoms with E-state index in [9.17, 15) is 9.90 Å². The Bertz CT molecular complexity index is 543. The summed E-state index contributed by atoms with van der Waals surface area (Å²) >= 11 is 4.82. The Morgan fingerprint density at radius 1 is 1.50 bits per heavy atom. The number of phenols is 1. The summed E-state index contributed by atoms with van der Waals surface area (Å²) in [5, 5.41) is 15.2. The molecule has 0 atom stereocenters. The summed E-state index contributed by atoms with van der Waals surface area (Å²) in [6.45, 7) is 0.498. The predicted molar refractivity (Wildman–Crippen MR) is 74.0 cm³/mol. The fraction of sp³-hybridized carbons (Fsp3) is 0.167. The molecule has 18 heavy (non-hydrogen) atoms. The van der Waals surface area contributed by atoms with Crippen LogP contribution in [0.3, 0.4) is 0 Å². The van der Waals surface area contributed by atoms with E-state index in [2.05, 4.69) is 26.2 Å². The lowest BCUT2D eigenvalue weighted by molar-refractivity contribution is 0.0951. The SMILES string of the molecule is O=C(NCCc1nccs1)c1cc(Br)ccc1O. The summed E-state index contributed by atoms with van der Waals surface area (Å²) in [5.41, 5.74) is 0.267. The number of phenolic OH excluding ortho intramolecular Hbond substituents is 1. The molecule has 1 heterocycles. The summed E-state index contributed by atoms with van der Waals surface area (Å²) in [5.74, 6) is -0.310. The number of benzene rings is 1. The molecule has 4 nitrogen and oxygen atoms in total. The average Bonchev–Trinajstić information content (AvgIpc) is 2.85.